The third-order valence-corrected chi connectivity index (χ3v) is 13.2. The maximum absolute atomic E-state index is 5.74. The summed E-state index contributed by atoms with van der Waals surface area (Å²) in [4.78, 5) is 0. The zero-order valence-corrected chi connectivity index (χ0v) is 13.4. The van der Waals surface area contributed by atoms with Gasteiger partial charge in [0.1, 0.15) is 0 Å². The fourth-order valence-corrected chi connectivity index (χ4v) is 11.1. The molecule has 0 saturated heterocycles. The molecule has 0 aromatic rings. The third-order valence-electron chi connectivity index (χ3n) is 1.80. The highest BCUT2D eigenvalue weighted by atomic mass is 33.2. The van der Waals surface area contributed by atoms with E-state index in [0.29, 0.717) is 0 Å². The Morgan fingerprint density at radius 3 is 2.13 bits per heavy atom. The summed E-state index contributed by atoms with van der Waals surface area (Å²) < 4.78 is 4.37. The molecule has 0 radical (unpaired) electrons. The molecule has 0 aromatic heterocycles. The summed E-state index contributed by atoms with van der Waals surface area (Å²) in [5, 5.41) is 0. The Hall–Kier alpha value is 1.31. The van der Waals surface area contributed by atoms with E-state index in [0.717, 1.165) is 30.9 Å². The molecule has 0 aliphatic carbocycles. The number of unbranched alkanes of at least 4 members (excludes halogenated alkanes) is 1. The van der Waals surface area contributed by atoms with Gasteiger partial charge in [-0.25, -0.2) is 0 Å². The summed E-state index contributed by atoms with van der Waals surface area (Å²) in [6.45, 7) is 8.34. The van der Waals surface area contributed by atoms with E-state index in [9.17, 15) is 0 Å². The molecule has 0 bridgehead atoms. The van der Waals surface area contributed by atoms with Crippen LogP contribution in [0.5, 0.6) is 0 Å². The van der Waals surface area contributed by atoms with Crippen molar-refractivity contribution in [3.05, 3.63) is 0 Å². The van der Waals surface area contributed by atoms with E-state index in [1.165, 1.54) is 12.8 Å². The van der Waals surface area contributed by atoms with Crippen LogP contribution in [-0.2, 0) is 16.5 Å². The number of hydrogen-bond donors (Lipinski definition) is 0. The first-order valence-electron chi connectivity index (χ1n) is 5.64. The Morgan fingerprint density at radius 2 is 1.67 bits per heavy atom. The van der Waals surface area contributed by atoms with Gasteiger partial charge in [0.2, 0.25) is 0 Å². The Bertz CT molecular complexity index is 178. The van der Waals surface area contributed by atoms with Gasteiger partial charge in [0, 0.05) is 12.8 Å². The molecule has 92 valence electrons. The van der Waals surface area contributed by atoms with E-state index in [2.05, 4.69) is 20.8 Å². The molecule has 15 heavy (non-hydrogen) atoms. The van der Waals surface area contributed by atoms with Crippen molar-refractivity contribution in [3.8, 4) is 0 Å². The highest BCUT2D eigenvalue weighted by molar-refractivity contribution is 9.00. The molecule has 0 spiro atoms. The van der Waals surface area contributed by atoms with Crippen LogP contribution in [0.3, 0.4) is 0 Å². The third kappa shape index (κ3) is 9.05. The van der Waals surface area contributed by atoms with Crippen LogP contribution in [0.15, 0.2) is 0 Å². The van der Waals surface area contributed by atoms with Crippen LogP contribution in [0.4, 0.5) is 0 Å². The first-order chi connectivity index (χ1) is 7.18. The molecule has 1 nitrogen and oxygen atoms in total. The van der Waals surface area contributed by atoms with E-state index >= 15 is 0 Å². The van der Waals surface area contributed by atoms with Crippen LogP contribution in [0.2, 0.25) is 0 Å². The van der Waals surface area contributed by atoms with Gasteiger partial charge in [-0.3, -0.25) is 0 Å². The van der Waals surface area contributed by atoms with Gasteiger partial charge in [0.25, 0.3) is 0 Å². The topological polar surface area (TPSA) is 9.23 Å². The van der Waals surface area contributed by atoms with E-state index in [1.54, 1.807) is 0 Å². The van der Waals surface area contributed by atoms with Gasteiger partial charge in [-0.05, 0) is 17.9 Å². The first kappa shape index (κ1) is 16.3. The van der Waals surface area contributed by atoms with E-state index in [4.69, 9.17) is 16.5 Å². The van der Waals surface area contributed by atoms with Crippen molar-refractivity contribution in [3.63, 3.8) is 0 Å². The lowest BCUT2D eigenvalue weighted by molar-refractivity contribution is 0.146. The van der Waals surface area contributed by atoms with Crippen molar-refractivity contribution in [2.75, 3.05) is 30.9 Å². The summed E-state index contributed by atoms with van der Waals surface area (Å²) in [5.74, 6) is 2.28. The molecular formula is C10H23OPS3. The molecule has 0 unspecified atom stereocenters. The van der Waals surface area contributed by atoms with Gasteiger partial charge in [-0.1, -0.05) is 39.0 Å². The van der Waals surface area contributed by atoms with Crippen molar-refractivity contribution in [2.24, 2.45) is 0 Å². The second-order valence-corrected chi connectivity index (χ2v) is 15.7. The molecule has 0 heterocycles. The minimum absolute atomic E-state index is 0.858. The molecule has 0 aliphatic heterocycles. The van der Waals surface area contributed by atoms with Gasteiger partial charge < -0.3 is 4.74 Å². The zero-order valence-electron chi connectivity index (χ0n) is 10.0. The minimum Gasteiger partial charge on any atom is -0.381 e. The molecule has 0 fully saturated rings. The van der Waals surface area contributed by atoms with Crippen LogP contribution in [0, 0.1) is 0 Å². The van der Waals surface area contributed by atoms with E-state index < -0.39 is 4.44 Å². The lowest BCUT2D eigenvalue weighted by atomic mass is 10.4. The quantitative estimate of drug-likeness (QED) is 0.428. The summed E-state index contributed by atoms with van der Waals surface area (Å²) in [6.07, 6.45) is 3.47. The number of ether oxygens (including phenoxy) is 1. The average molecular weight is 286 g/mol. The van der Waals surface area contributed by atoms with Crippen LogP contribution in [0.1, 0.15) is 33.6 Å². The molecule has 0 aliphatic rings. The smallest absolute Gasteiger partial charge is 0.0594 e. The molecule has 0 saturated carbocycles. The highest BCUT2D eigenvalue weighted by Crippen LogP contribution is 2.68. The van der Waals surface area contributed by atoms with Gasteiger partial charge in [-0.2, -0.15) is 0 Å². The van der Waals surface area contributed by atoms with Crippen molar-refractivity contribution in [1.82, 2.24) is 0 Å². The Labute approximate surface area is 108 Å². The van der Waals surface area contributed by atoms with Crippen molar-refractivity contribution >= 4 is 39.0 Å². The summed E-state index contributed by atoms with van der Waals surface area (Å²) in [6, 6.07) is 0. The molecule has 0 amide bonds. The lowest BCUT2D eigenvalue weighted by Gasteiger charge is -2.19. The Morgan fingerprint density at radius 1 is 1.07 bits per heavy atom. The van der Waals surface area contributed by atoms with Gasteiger partial charge in [0.15, 0.2) is 0 Å². The molecule has 5 heteroatoms. The molecule has 0 N–H and O–H groups in total. The predicted octanol–water partition coefficient (Wildman–Crippen LogP) is 4.62. The van der Waals surface area contributed by atoms with E-state index in [1.807, 2.05) is 22.8 Å². The highest BCUT2D eigenvalue weighted by Gasteiger charge is 2.16. The summed E-state index contributed by atoms with van der Waals surface area (Å²) in [5.41, 5.74) is 0. The monoisotopic (exact) mass is 286 g/mol. The fourth-order valence-electron chi connectivity index (χ4n) is 1.08. The predicted molar refractivity (Wildman–Crippen MR) is 81.1 cm³/mol. The van der Waals surface area contributed by atoms with E-state index in [-0.39, 0.29) is 0 Å². The maximum atomic E-state index is 5.74. The average Bonchev–Trinajstić information content (AvgIpc) is 2.18. The molecule has 0 aromatic carbocycles. The standard InChI is InChI=1S/C10H23OPS3/c1-4-7-8-11-9-10-12(13,14-5-2)15-6-3/h4-10H2,1-3H3. The second-order valence-electron chi connectivity index (χ2n) is 3.14. The van der Waals surface area contributed by atoms with Crippen LogP contribution >= 0.6 is 27.2 Å². The summed E-state index contributed by atoms with van der Waals surface area (Å²) >= 11 is 9.69. The minimum atomic E-state index is -1.23. The first-order valence-corrected chi connectivity index (χ1v) is 11.8. The van der Waals surface area contributed by atoms with Gasteiger partial charge in [-0.15, -0.1) is 22.8 Å². The normalized spacial score (nSPS) is 11.9. The van der Waals surface area contributed by atoms with Crippen molar-refractivity contribution in [1.29, 1.82) is 0 Å². The van der Waals surface area contributed by atoms with Crippen LogP contribution < -0.4 is 0 Å². The lowest BCUT2D eigenvalue weighted by Crippen LogP contribution is -2.00. The van der Waals surface area contributed by atoms with Gasteiger partial charge >= 0.3 is 0 Å². The molecule has 0 rings (SSSR count). The number of hydrogen-bond acceptors (Lipinski definition) is 4. The summed E-state index contributed by atoms with van der Waals surface area (Å²) in [7, 11) is 0. The van der Waals surface area contributed by atoms with Crippen LogP contribution in [0.25, 0.3) is 0 Å². The number of rotatable bonds is 10. The maximum Gasteiger partial charge on any atom is 0.0594 e. The van der Waals surface area contributed by atoms with Crippen LogP contribution in [-0.4, -0.2) is 30.9 Å². The fraction of sp³-hybridized carbons (Fsp3) is 1.00. The Kier molecular flexibility index (Phi) is 11.4. The largest absolute Gasteiger partial charge is 0.381 e. The van der Waals surface area contributed by atoms with Crippen molar-refractivity contribution < 1.29 is 4.74 Å². The Balaban J connectivity index is 3.71. The molecule has 0 atom stereocenters. The SMILES string of the molecule is CCCCOCCP(=S)(SCC)SCC. The van der Waals surface area contributed by atoms with Gasteiger partial charge in [0.05, 0.1) is 11.0 Å². The van der Waals surface area contributed by atoms with Crippen molar-refractivity contribution in [2.45, 2.75) is 33.6 Å². The molecular weight excluding hydrogens is 263 g/mol. The second kappa shape index (κ2) is 10.5. The zero-order chi connectivity index (χ0) is 11.6.